The van der Waals surface area contributed by atoms with Gasteiger partial charge in [0.15, 0.2) is 5.71 Å². The van der Waals surface area contributed by atoms with Crippen LogP contribution < -0.4 is 9.80 Å². The van der Waals surface area contributed by atoms with Gasteiger partial charge >= 0.3 is 0 Å². The molecule has 0 N–H and O–H groups in total. The van der Waals surface area contributed by atoms with Crippen LogP contribution in [0.25, 0.3) is 5.57 Å². The lowest BCUT2D eigenvalue weighted by molar-refractivity contribution is -0.462. The summed E-state index contributed by atoms with van der Waals surface area (Å²) in [5, 5.41) is 0. The van der Waals surface area contributed by atoms with Gasteiger partial charge < -0.3 is 9.80 Å². The number of hydrogen-bond donors (Lipinski definition) is 0. The SMILES string of the molecule is CCN(CC)c1ccc(C(=C2C=CC(=[N+](C)C)C=C2)c2ccc(N(CC)CC)cc2)cc1. The van der Waals surface area contributed by atoms with Crippen molar-refractivity contribution in [2.24, 2.45) is 0 Å². The quantitative estimate of drug-likeness (QED) is 0.476. The molecule has 0 unspecified atom stereocenters. The molecule has 32 heavy (non-hydrogen) atoms. The fraction of sp³-hybridized carbons (Fsp3) is 0.345. The second-order valence-corrected chi connectivity index (χ2v) is 8.25. The zero-order chi connectivity index (χ0) is 23.1. The summed E-state index contributed by atoms with van der Waals surface area (Å²) in [6.07, 6.45) is 8.87. The molecular formula is C29H38N3+. The van der Waals surface area contributed by atoms with E-state index in [1.165, 1.54) is 39.4 Å². The molecule has 0 aromatic heterocycles. The van der Waals surface area contributed by atoms with E-state index < -0.39 is 0 Å². The Kier molecular flexibility index (Phi) is 8.10. The van der Waals surface area contributed by atoms with Gasteiger partial charge in [0, 0.05) is 49.7 Å². The number of hydrogen-bond acceptors (Lipinski definition) is 2. The van der Waals surface area contributed by atoms with Crippen molar-refractivity contribution in [3.05, 3.63) is 89.5 Å². The predicted octanol–water partition coefficient (Wildman–Crippen LogP) is 6.02. The summed E-state index contributed by atoms with van der Waals surface area (Å²) in [6.45, 7) is 12.9. The Hall–Kier alpha value is -3.07. The minimum Gasteiger partial charge on any atom is -0.372 e. The predicted molar refractivity (Wildman–Crippen MR) is 141 cm³/mol. The van der Waals surface area contributed by atoms with Gasteiger partial charge in [-0.1, -0.05) is 24.3 Å². The van der Waals surface area contributed by atoms with Crippen LogP contribution in [-0.2, 0) is 0 Å². The maximum Gasteiger partial charge on any atom is 0.199 e. The topological polar surface area (TPSA) is 9.49 Å². The average Bonchev–Trinajstić information content (AvgIpc) is 2.83. The summed E-state index contributed by atoms with van der Waals surface area (Å²) >= 11 is 0. The van der Waals surface area contributed by atoms with Gasteiger partial charge in [0.05, 0.1) is 0 Å². The van der Waals surface area contributed by atoms with Gasteiger partial charge in [-0.05, 0) is 86.4 Å². The van der Waals surface area contributed by atoms with Crippen LogP contribution in [0.2, 0.25) is 0 Å². The highest BCUT2D eigenvalue weighted by molar-refractivity contribution is 6.04. The molecular weight excluding hydrogens is 390 g/mol. The first-order valence-corrected chi connectivity index (χ1v) is 11.9. The fourth-order valence-corrected chi connectivity index (χ4v) is 4.28. The molecule has 1 aliphatic carbocycles. The van der Waals surface area contributed by atoms with Crippen molar-refractivity contribution >= 4 is 22.7 Å². The van der Waals surface area contributed by atoms with Gasteiger partial charge in [0.2, 0.25) is 0 Å². The minimum absolute atomic E-state index is 1.02. The van der Waals surface area contributed by atoms with E-state index in [2.05, 4.69) is 129 Å². The Morgan fingerprint density at radius 1 is 0.594 bits per heavy atom. The van der Waals surface area contributed by atoms with Crippen molar-refractivity contribution in [1.82, 2.24) is 0 Å². The lowest BCUT2D eigenvalue weighted by atomic mass is 9.90. The van der Waals surface area contributed by atoms with E-state index in [9.17, 15) is 0 Å². The van der Waals surface area contributed by atoms with E-state index in [-0.39, 0.29) is 0 Å². The summed E-state index contributed by atoms with van der Waals surface area (Å²) in [6, 6.07) is 18.1. The first-order valence-electron chi connectivity index (χ1n) is 11.9. The summed E-state index contributed by atoms with van der Waals surface area (Å²) in [5.74, 6) is 0. The van der Waals surface area contributed by atoms with E-state index in [1.54, 1.807) is 0 Å². The Morgan fingerprint density at radius 2 is 0.969 bits per heavy atom. The summed E-state index contributed by atoms with van der Waals surface area (Å²) < 4.78 is 2.14. The third-order valence-corrected chi connectivity index (χ3v) is 6.24. The van der Waals surface area contributed by atoms with Gasteiger partial charge in [0.25, 0.3) is 0 Å². The Balaban J connectivity index is 2.08. The zero-order valence-electron chi connectivity index (χ0n) is 20.6. The molecule has 168 valence electrons. The molecule has 0 radical (unpaired) electrons. The van der Waals surface area contributed by atoms with Gasteiger partial charge in [-0.2, -0.15) is 0 Å². The van der Waals surface area contributed by atoms with Gasteiger partial charge in [-0.25, -0.2) is 4.58 Å². The van der Waals surface area contributed by atoms with Crippen LogP contribution >= 0.6 is 0 Å². The molecule has 1 aliphatic rings. The standard InChI is InChI=1S/C29H38N3/c1-7-31(8-2)27-19-13-24(14-20-27)29(23-11-17-26(18-12-23)30(5)6)25-15-21-28(22-16-25)32(9-3)10-4/h11-22H,7-10H2,1-6H3/q+1. The lowest BCUT2D eigenvalue weighted by Crippen LogP contribution is -2.21. The maximum absolute atomic E-state index is 2.38. The number of nitrogens with zero attached hydrogens (tertiary/aromatic N) is 3. The van der Waals surface area contributed by atoms with Gasteiger partial charge in [-0.3, -0.25) is 0 Å². The van der Waals surface area contributed by atoms with Crippen LogP contribution in [0.5, 0.6) is 0 Å². The highest BCUT2D eigenvalue weighted by Crippen LogP contribution is 2.32. The summed E-state index contributed by atoms with van der Waals surface area (Å²) in [4.78, 5) is 4.77. The molecule has 0 aliphatic heterocycles. The summed E-state index contributed by atoms with van der Waals surface area (Å²) in [7, 11) is 4.16. The third-order valence-electron chi connectivity index (χ3n) is 6.24. The molecule has 2 aromatic rings. The molecule has 0 saturated carbocycles. The van der Waals surface area contributed by atoms with Gasteiger partial charge in [-0.15, -0.1) is 0 Å². The fourth-order valence-electron chi connectivity index (χ4n) is 4.28. The third kappa shape index (κ3) is 5.21. The van der Waals surface area contributed by atoms with E-state index in [1.807, 2.05) is 0 Å². The maximum atomic E-state index is 2.38. The smallest absolute Gasteiger partial charge is 0.199 e. The molecule has 0 amide bonds. The Bertz CT molecular complexity index is 934. The first kappa shape index (κ1) is 23.6. The molecule has 3 heteroatoms. The van der Waals surface area contributed by atoms with Crippen molar-refractivity contribution in [3.63, 3.8) is 0 Å². The molecule has 0 fully saturated rings. The average molecular weight is 429 g/mol. The van der Waals surface area contributed by atoms with Crippen LogP contribution in [0.4, 0.5) is 11.4 Å². The highest BCUT2D eigenvalue weighted by Gasteiger charge is 2.14. The number of rotatable bonds is 8. The highest BCUT2D eigenvalue weighted by atomic mass is 15.1. The molecule has 0 heterocycles. The monoisotopic (exact) mass is 428 g/mol. The lowest BCUT2D eigenvalue weighted by Gasteiger charge is -2.23. The number of anilines is 2. The molecule has 0 saturated heterocycles. The Labute approximate surface area is 194 Å². The van der Waals surface area contributed by atoms with Crippen molar-refractivity contribution in [2.75, 3.05) is 50.1 Å². The second-order valence-electron chi connectivity index (χ2n) is 8.25. The molecule has 3 rings (SSSR count). The molecule has 0 atom stereocenters. The van der Waals surface area contributed by atoms with Gasteiger partial charge in [0.1, 0.15) is 14.1 Å². The zero-order valence-corrected chi connectivity index (χ0v) is 20.6. The minimum atomic E-state index is 1.02. The van der Waals surface area contributed by atoms with Crippen LogP contribution in [-0.4, -0.2) is 50.6 Å². The van der Waals surface area contributed by atoms with Crippen LogP contribution in [0, 0.1) is 0 Å². The van der Waals surface area contributed by atoms with Crippen molar-refractivity contribution < 1.29 is 4.58 Å². The van der Waals surface area contributed by atoms with Crippen molar-refractivity contribution in [3.8, 4) is 0 Å². The van der Waals surface area contributed by atoms with Crippen LogP contribution in [0.1, 0.15) is 38.8 Å². The van der Waals surface area contributed by atoms with Crippen LogP contribution in [0.15, 0.2) is 78.4 Å². The van der Waals surface area contributed by atoms with E-state index >= 15 is 0 Å². The van der Waals surface area contributed by atoms with Crippen molar-refractivity contribution in [2.45, 2.75) is 27.7 Å². The molecule has 0 bridgehead atoms. The molecule has 3 nitrogen and oxygen atoms in total. The largest absolute Gasteiger partial charge is 0.372 e. The second kappa shape index (κ2) is 11.0. The summed E-state index contributed by atoms with van der Waals surface area (Å²) in [5.41, 5.74) is 8.76. The molecule has 0 spiro atoms. The van der Waals surface area contributed by atoms with E-state index in [4.69, 9.17) is 0 Å². The first-order chi connectivity index (χ1) is 15.5. The van der Waals surface area contributed by atoms with E-state index in [0.717, 1.165) is 26.2 Å². The molecule has 2 aromatic carbocycles. The van der Waals surface area contributed by atoms with E-state index in [0.29, 0.717) is 0 Å². The van der Waals surface area contributed by atoms with Crippen molar-refractivity contribution in [1.29, 1.82) is 0 Å². The number of allylic oxidation sites excluding steroid dienone is 5. The Morgan fingerprint density at radius 3 is 1.28 bits per heavy atom. The normalized spacial score (nSPS) is 12.8. The van der Waals surface area contributed by atoms with Crippen LogP contribution in [0.3, 0.4) is 0 Å². The number of benzene rings is 2.